The van der Waals surface area contributed by atoms with E-state index in [1.807, 2.05) is 18.6 Å². The molecule has 316 valence electrons. The lowest BCUT2D eigenvalue weighted by molar-refractivity contribution is -0.136. The number of ether oxygens (including phenoxy) is 2. The van der Waals surface area contributed by atoms with Gasteiger partial charge in [0.2, 0.25) is 11.8 Å². The minimum atomic E-state index is -1.08. The van der Waals surface area contributed by atoms with Gasteiger partial charge in [-0.3, -0.25) is 38.6 Å². The fourth-order valence-corrected chi connectivity index (χ4v) is 7.28. The molecule has 2 saturated heterocycles. The van der Waals surface area contributed by atoms with Gasteiger partial charge in [-0.05, 0) is 62.9 Å². The molecule has 0 saturated carbocycles. The van der Waals surface area contributed by atoms with E-state index in [1.165, 1.54) is 29.4 Å². The van der Waals surface area contributed by atoms with E-state index >= 15 is 0 Å². The number of imidazole rings is 1. The van der Waals surface area contributed by atoms with Gasteiger partial charge in [-0.1, -0.05) is 29.8 Å². The van der Waals surface area contributed by atoms with Crippen LogP contribution < -0.4 is 25.6 Å². The first kappa shape index (κ1) is 42.2. The SMILES string of the molecule is Cc1cccc(-c2cnc(Nc3ccc(N4CCN(C)CC4)cc3)c3nccn23)c1.O=CCCOCCNC(=O)COc1cccc2c1C(=O)N(C1CCC(=O)NC1=O)C2=O. The summed E-state index contributed by atoms with van der Waals surface area (Å²) in [5.41, 5.74) is 6.52. The van der Waals surface area contributed by atoms with E-state index in [0.717, 1.165) is 65.8 Å². The summed E-state index contributed by atoms with van der Waals surface area (Å²) in [6, 6.07) is 20.3. The first-order valence-electron chi connectivity index (χ1n) is 20.1. The van der Waals surface area contributed by atoms with Gasteiger partial charge in [0, 0.05) is 74.9 Å². The Morgan fingerprint density at radius 1 is 0.951 bits per heavy atom. The van der Waals surface area contributed by atoms with Crippen molar-refractivity contribution in [3.05, 3.63) is 102 Å². The first-order chi connectivity index (χ1) is 29.6. The molecule has 3 aliphatic rings. The molecule has 0 bridgehead atoms. The van der Waals surface area contributed by atoms with Crippen molar-refractivity contribution in [3.63, 3.8) is 0 Å². The summed E-state index contributed by atoms with van der Waals surface area (Å²) in [5.74, 6) is -2.20. The number of anilines is 3. The number of imide groups is 2. The second kappa shape index (κ2) is 19.4. The fourth-order valence-electron chi connectivity index (χ4n) is 7.28. The van der Waals surface area contributed by atoms with Crippen molar-refractivity contribution in [1.82, 2.24) is 34.8 Å². The number of carbonyl (C=O) groups excluding carboxylic acids is 6. The van der Waals surface area contributed by atoms with E-state index in [1.54, 1.807) is 0 Å². The van der Waals surface area contributed by atoms with E-state index in [4.69, 9.17) is 14.5 Å². The zero-order valence-electron chi connectivity index (χ0n) is 34.0. The molecule has 3 N–H and O–H groups in total. The van der Waals surface area contributed by atoms with Crippen molar-refractivity contribution >= 4 is 58.7 Å². The number of hydrogen-bond acceptors (Lipinski definition) is 13. The van der Waals surface area contributed by atoms with Crippen LogP contribution in [0.25, 0.3) is 16.9 Å². The van der Waals surface area contributed by atoms with Crippen molar-refractivity contribution in [3.8, 4) is 17.0 Å². The highest BCUT2D eigenvalue weighted by atomic mass is 16.5. The maximum atomic E-state index is 12.9. The van der Waals surface area contributed by atoms with Gasteiger partial charge < -0.3 is 34.7 Å². The van der Waals surface area contributed by atoms with Crippen LogP contribution in [-0.2, 0) is 23.9 Å². The highest BCUT2D eigenvalue weighted by molar-refractivity contribution is 6.24. The molecular formula is C44H47N9O8. The molecule has 0 radical (unpaired) electrons. The minimum Gasteiger partial charge on any atom is -0.483 e. The lowest BCUT2D eigenvalue weighted by atomic mass is 10.0. The maximum Gasteiger partial charge on any atom is 0.266 e. The van der Waals surface area contributed by atoms with Crippen LogP contribution in [0, 0.1) is 6.92 Å². The van der Waals surface area contributed by atoms with Crippen LogP contribution in [0.5, 0.6) is 5.75 Å². The molecule has 61 heavy (non-hydrogen) atoms. The Morgan fingerprint density at radius 3 is 2.49 bits per heavy atom. The number of aryl methyl sites for hydroxylation is 1. The van der Waals surface area contributed by atoms with Crippen LogP contribution in [0.15, 0.2) is 85.3 Å². The number of amides is 5. The monoisotopic (exact) mass is 829 g/mol. The number of hydrogen-bond donors (Lipinski definition) is 3. The van der Waals surface area contributed by atoms with Gasteiger partial charge in [-0.2, -0.15) is 0 Å². The molecule has 0 aliphatic carbocycles. The predicted molar refractivity (Wildman–Crippen MR) is 226 cm³/mol. The van der Waals surface area contributed by atoms with Gasteiger partial charge in [0.05, 0.1) is 36.2 Å². The van der Waals surface area contributed by atoms with Gasteiger partial charge >= 0.3 is 0 Å². The van der Waals surface area contributed by atoms with E-state index in [9.17, 15) is 28.8 Å². The van der Waals surface area contributed by atoms with Gasteiger partial charge in [-0.25, -0.2) is 9.97 Å². The van der Waals surface area contributed by atoms with Crippen molar-refractivity contribution < 1.29 is 38.2 Å². The minimum absolute atomic E-state index is 0.0200. The van der Waals surface area contributed by atoms with Crippen molar-refractivity contribution in [1.29, 1.82) is 0 Å². The average molecular weight is 830 g/mol. The Labute approximate surface area is 352 Å². The van der Waals surface area contributed by atoms with E-state index in [-0.39, 0.29) is 55.9 Å². The zero-order chi connectivity index (χ0) is 42.9. The Hall–Kier alpha value is -6.98. The number of aldehydes is 1. The third kappa shape index (κ3) is 9.91. The Bertz CT molecular complexity index is 2430. The van der Waals surface area contributed by atoms with Crippen molar-refractivity contribution in [2.24, 2.45) is 0 Å². The summed E-state index contributed by atoms with van der Waals surface area (Å²) in [5, 5.41) is 8.13. The molecule has 5 heterocycles. The standard InChI is InChI=1S/C24H26N6.C20H21N3O8/c1-18-4-3-5-19(16-18)22-17-26-23(24-25-10-11-30(22)24)27-20-6-8-21(9-7-20)29-14-12-28(2)13-15-29;24-8-2-9-30-10-7-21-16(26)11-31-14-4-1-3-12-17(14)20(29)23(19(12)28)13-5-6-15(25)22-18(13)27/h3-11,16-17H,12-15H2,1-2H3,(H,26,27);1,3-4,8,13H,2,5-7,9-11H2,(H,21,26)(H,22,25,27). The highest BCUT2D eigenvalue weighted by Gasteiger charge is 2.46. The molecule has 1 atom stereocenters. The number of piperidine rings is 1. The molecule has 2 aromatic heterocycles. The highest BCUT2D eigenvalue weighted by Crippen LogP contribution is 2.34. The normalized spacial score (nSPS) is 16.5. The van der Waals surface area contributed by atoms with Gasteiger partial charge in [-0.15, -0.1) is 0 Å². The van der Waals surface area contributed by atoms with Crippen LogP contribution >= 0.6 is 0 Å². The van der Waals surface area contributed by atoms with E-state index < -0.39 is 42.2 Å². The average Bonchev–Trinajstić information content (AvgIpc) is 3.85. The third-order valence-corrected chi connectivity index (χ3v) is 10.5. The lowest BCUT2D eigenvalue weighted by Crippen LogP contribution is -2.54. The van der Waals surface area contributed by atoms with Crippen LogP contribution in [0.1, 0.15) is 45.5 Å². The number of piperazine rings is 1. The third-order valence-electron chi connectivity index (χ3n) is 10.5. The Balaban J connectivity index is 0.000000184. The molecule has 8 rings (SSSR count). The molecule has 17 heteroatoms. The number of nitrogens with zero attached hydrogens (tertiary/aromatic N) is 6. The van der Waals surface area contributed by atoms with Gasteiger partial charge in [0.1, 0.15) is 18.1 Å². The zero-order valence-corrected chi connectivity index (χ0v) is 34.0. The number of rotatable bonds is 14. The molecule has 5 aromatic rings. The summed E-state index contributed by atoms with van der Waals surface area (Å²) in [4.78, 5) is 86.1. The van der Waals surface area contributed by atoms with Crippen molar-refractivity contribution in [2.75, 3.05) is 69.8 Å². The summed E-state index contributed by atoms with van der Waals surface area (Å²) in [6.07, 6.45) is 6.78. The largest absolute Gasteiger partial charge is 0.483 e. The number of fused-ring (bicyclic) bond motifs is 2. The number of nitrogens with one attached hydrogen (secondary N) is 3. The summed E-state index contributed by atoms with van der Waals surface area (Å²) >= 11 is 0. The van der Waals surface area contributed by atoms with Crippen LogP contribution in [0.3, 0.4) is 0 Å². The lowest BCUT2D eigenvalue weighted by Gasteiger charge is -2.34. The smallest absolute Gasteiger partial charge is 0.266 e. The maximum absolute atomic E-state index is 12.9. The number of likely N-dealkylation sites (N-methyl/N-ethyl adjacent to an activating group) is 1. The van der Waals surface area contributed by atoms with Gasteiger partial charge in [0.25, 0.3) is 17.7 Å². The van der Waals surface area contributed by atoms with Crippen LogP contribution in [0.2, 0.25) is 0 Å². The summed E-state index contributed by atoms with van der Waals surface area (Å²) in [6.45, 7) is 6.77. The predicted octanol–water partition coefficient (Wildman–Crippen LogP) is 3.39. The van der Waals surface area contributed by atoms with E-state index in [0.29, 0.717) is 0 Å². The molecule has 1 unspecified atom stereocenters. The quantitative estimate of drug-likeness (QED) is 0.0838. The molecular weight excluding hydrogens is 783 g/mol. The number of benzene rings is 3. The molecule has 17 nitrogen and oxygen atoms in total. The van der Waals surface area contributed by atoms with Crippen LogP contribution in [-0.4, -0.2) is 126 Å². The van der Waals surface area contributed by atoms with Gasteiger partial charge in [0.15, 0.2) is 18.1 Å². The second-order valence-electron chi connectivity index (χ2n) is 14.8. The molecule has 3 aliphatic heterocycles. The fraction of sp³-hybridized carbons (Fsp3) is 0.318. The summed E-state index contributed by atoms with van der Waals surface area (Å²) in [7, 11) is 2.18. The molecule has 3 aromatic carbocycles. The first-order valence-corrected chi connectivity index (χ1v) is 20.1. The molecule has 2 fully saturated rings. The second-order valence-corrected chi connectivity index (χ2v) is 14.8. The number of aromatic nitrogens is 3. The van der Waals surface area contributed by atoms with E-state index in [2.05, 4.69) is 97.6 Å². The molecule has 0 spiro atoms. The number of carbonyl (C=O) groups is 6. The van der Waals surface area contributed by atoms with Crippen LogP contribution in [0.4, 0.5) is 17.2 Å². The molecule has 5 amide bonds. The van der Waals surface area contributed by atoms with Crippen molar-refractivity contribution in [2.45, 2.75) is 32.2 Å². The topological polar surface area (TPSA) is 197 Å². The Morgan fingerprint density at radius 2 is 1.74 bits per heavy atom. The summed E-state index contributed by atoms with van der Waals surface area (Å²) < 4.78 is 12.7. The Kier molecular flexibility index (Phi) is 13.4.